The molecule has 0 atom stereocenters. The van der Waals surface area contributed by atoms with E-state index in [9.17, 15) is 14.4 Å². The van der Waals surface area contributed by atoms with Crippen molar-refractivity contribution in [2.45, 2.75) is 26.2 Å². The molecule has 0 aromatic carbocycles. The lowest BCUT2D eigenvalue weighted by atomic mass is 10.2. The van der Waals surface area contributed by atoms with Gasteiger partial charge in [0.15, 0.2) is 5.78 Å². The largest absolute Gasteiger partial charge is 0.332 e. The fourth-order valence-electron chi connectivity index (χ4n) is 2.04. The Morgan fingerprint density at radius 3 is 2.35 bits per heavy atom. The molecule has 17 heavy (non-hydrogen) atoms. The molecule has 5 heteroatoms. The third-order valence-corrected chi connectivity index (χ3v) is 3.23. The summed E-state index contributed by atoms with van der Waals surface area (Å²) in [5.41, 5.74) is 0. The van der Waals surface area contributed by atoms with Gasteiger partial charge in [0, 0.05) is 12.5 Å². The molecule has 0 N–H and O–H groups in total. The van der Waals surface area contributed by atoms with E-state index in [1.54, 1.807) is 4.90 Å². The Balaban J connectivity index is 1.90. The van der Waals surface area contributed by atoms with E-state index in [4.69, 9.17) is 0 Å². The molecule has 1 aliphatic heterocycles. The minimum absolute atomic E-state index is 0.0463. The van der Waals surface area contributed by atoms with Crippen LogP contribution in [0, 0.1) is 5.92 Å². The molecule has 0 unspecified atom stereocenters. The second kappa shape index (κ2) is 4.85. The van der Waals surface area contributed by atoms with E-state index < -0.39 is 0 Å². The molecule has 0 radical (unpaired) electrons. The van der Waals surface area contributed by atoms with Crippen LogP contribution in [0.15, 0.2) is 0 Å². The van der Waals surface area contributed by atoms with Crippen LogP contribution in [0.4, 0.5) is 0 Å². The summed E-state index contributed by atoms with van der Waals surface area (Å²) in [6.45, 7) is 2.91. The Hall–Kier alpha value is -1.39. The van der Waals surface area contributed by atoms with E-state index in [0.717, 1.165) is 19.3 Å². The van der Waals surface area contributed by atoms with Gasteiger partial charge in [0.2, 0.25) is 11.8 Å². The Labute approximate surface area is 101 Å². The fraction of sp³-hybridized carbons (Fsp3) is 0.750. The van der Waals surface area contributed by atoms with Gasteiger partial charge in [-0.2, -0.15) is 0 Å². The van der Waals surface area contributed by atoms with Gasteiger partial charge in [-0.3, -0.25) is 14.4 Å². The Morgan fingerprint density at radius 2 is 1.76 bits per heavy atom. The van der Waals surface area contributed by atoms with Crippen molar-refractivity contribution in [3.05, 3.63) is 0 Å². The zero-order valence-corrected chi connectivity index (χ0v) is 10.1. The molecule has 1 saturated carbocycles. The number of rotatable bonds is 5. The van der Waals surface area contributed by atoms with Crippen LogP contribution in [-0.4, -0.2) is 53.6 Å². The zero-order chi connectivity index (χ0) is 12.4. The molecule has 1 saturated heterocycles. The van der Waals surface area contributed by atoms with Gasteiger partial charge in [-0.1, -0.05) is 6.92 Å². The van der Waals surface area contributed by atoms with E-state index in [-0.39, 0.29) is 43.1 Å². The molecule has 2 amide bonds. The molecule has 1 aliphatic carbocycles. The van der Waals surface area contributed by atoms with Gasteiger partial charge < -0.3 is 9.80 Å². The molecule has 0 aromatic heterocycles. The van der Waals surface area contributed by atoms with E-state index in [2.05, 4.69) is 0 Å². The van der Waals surface area contributed by atoms with Crippen LogP contribution in [0.25, 0.3) is 0 Å². The maximum absolute atomic E-state index is 11.8. The van der Waals surface area contributed by atoms with Gasteiger partial charge in [-0.25, -0.2) is 0 Å². The summed E-state index contributed by atoms with van der Waals surface area (Å²) in [6.07, 6.45) is 2.73. The summed E-state index contributed by atoms with van der Waals surface area (Å²) < 4.78 is 0. The van der Waals surface area contributed by atoms with Gasteiger partial charge in [0.1, 0.15) is 6.54 Å². The number of hydrogen-bond acceptors (Lipinski definition) is 3. The molecule has 5 nitrogen and oxygen atoms in total. The van der Waals surface area contributed by atoms with Crippen LogP contribution in [0.1, 0.15) is 26.2 Å². The maximum Gasteiger partial charge on any atom is 0.243 e. The Kier molecular flexibility index (Phi) is 3.45. The first-order valence-corrected chi connectivity index (χ1v) is 6.20. The molecule has 0 aromatic rings. The summed E-state index contributed by atoms with van der Waals surface area (Å²) in [7, 11) is 0. The average Bonchev–Trinajstić information content (AvgIpc) is 3.09. The number of hydrogen-bond donors (Lipinski definition) is 0. The van der Waals surface area contributed by atoms with Gasteiger partial charge >= 0.3 is 0 Å². The topological polar surface area (TPSA) is 57.7 Å². The first-order chi connectivity index (χ1) is 8.11. The lowest BCUT2D eigenvalue weighted by Gasteiger charge is -2.33. The molecule has 0 spiro atoms. The maximum atomic E-state index is 11.8. The summed E-state index contributed by atoms with van der Waals surface area (Å²) in [6, 6.07) is 0. The van der Waals surface area contributed by atoms with Crippen molar-refractivity contribution in [1.29, 1.82) is 0 Å². The highest BCUT2D eigenvalue weighted by molar-refractivity contribution is 5.96. The third-order valence-electron chi connectivity index (χ3n) is 3.23. The molecule has 94 valence electrons. The average molecular weight is 238 g/mol. The number of nitrogens with zero attached hydrogens (tertiary/aromatic N) is 2. The number of amides is 2. The van der Waals surface area contributed by atoms with Crippen molar-refractivity contribution >= 4 is 17.6 Å². The van der Waals surface area contributed by atoms with Crippen molar-refractivity contribution in [2.24, 2.45) is 5.92 Å². The second-order valence-corrected chi connectivity index (χ2v) is 4.81. The van der Waals surface area contributed by atoms with Crippen molar-refractivity contribution in [2.75, 3.05) is 26.2 Å². The highest BCUT2D eigenvalue weighted by Gasteiger charge is 2.35. The van der Waals surface area contributed by atoms with Crippen molar-refractivity contribution < 1.29 is 14.4 Å². The molecule has 2 fully saturated rings. The minimum Gasteiger partial charge on any atom is -0.332 e. The Morgan fingerprint density at radius 1 is 1.18 bits per heavy atom. The molecule has 2 rings (SSSR count). The first-order valence-electron chi connectivity index (χ1n) is 6.20. The monoisotopic (exact) mass is 238 g/mol. The lowest BCUT2D eigenvalue weighted by Crippen LogP contribution is -2.55. The predicted molar refractivity (Wildman–Crippen MR) is 61.2 cm³/mol. The van der Waals surface area contributed by atoms with Crippen LogP contribution in [-0.2, 0) is 14.4 Å². The summed E-state index contributed by atoms with van der Waals surface area (Å²) >= 11 is 0. The smallest absolute Gasteiger partial charge is 0.243 e. The second-order valence-electron chi connectivity index (χ2n) is 4.81. The number of carbonyl (C=O) groups is 3. The van der Waals surface area contributed by atoms with Gasteiger partial charge in [-0.15, -0.1) is 0 Å². The number of piperazine rings is 1. The normalized spacial score (nSPS) is 21.0. The zero-order valence-electron chi connectivity index (χ0n) is 10.1. The molecule has 0 bridgehead atoms. The lowest BCUT2D eigenvalue weighted by molar-refractivity contribution is -0.151. The van der Waals surface area contributed by atoms with Gasteiger partial charge in [0.05, 0.1) is 13.1 Å². The van der Waals surface area contributed by atoms with Crippen LogP contribution in [0.2, 0.25) is 0 Å². The number of carbonyl (C=O) groups excluding carboxylic acids is 3. The number of Topliss-reactive ketones (excluding diaryl/α,β-unsaturated/α-hetero) is 1. The van der Waals surface area contributed by atoms with Crippen molar-refractivity contribution in [1.82, 2.24) is 9.80 Å². The van der Waals surface area contributed by atoms with E-state index in [0.29, 0.717) is 6.54 Å². The third kappa shape index (κ3) is 2.84. The fourth-order valence-corrected chi connectivity index (χ4v) is 2.04. The van der Waals surface area contributed by atoms with Crippen molar-refractivity contribution in [3.8, 4) is 0 Å². The summed E-state index contributed by atoms with van der Waals surface area (Å²) in [5.74, 6) is 0.101. The molecule has 1 heterocycles. The SMILES string of the molecule is CCCN1CC(=O)N(CC(=O)C2CC2)CC1=O. The van der Waals surface area contributed by atoms with Gasteiger partial charge in [-0.05, 0) is 19.3 Å². The van der Waals surface area contributed by atoms with Crippen LogP contribution < -0.4 is 0 Å². The first kappa shape index (κ1) is 12.1. The van der Waals surface area contributed by atoms with Crippen LogP contribution in [0.3, 0.4) is 0 Å². The van der Waals surface area contributed by atoms with Gasteiger partial charge in [0.25, 0.3) is 0 Å². The van der Waals surface area contributed by atoms with Crippen LogP contribution in [0.5, 0.6) is 0 Å². The summed E-state index contributed by atoms with van der Waals surface area (Å²) in [4.78, 5) is 38.1. The standard InChI is InChI=1S/C12H18N2O3/c1-2-5-13-7-12(17)14(8-11(13)16)6-10(15)9-3-4-9/h9H,2-8H2,1H3. The predicted octanol–water partition coefficient (Wildman–Crippen LogP) is 0.0463. The Bertz CT molecular complexity index is 350. The van der Waals surface area contributed by atoms with Crippen molar-refractivity contribution in [3.63, 3.8) is 0 Å². The number of ketones is 1. The van der Waals surface area contributed by atoms with E-state index in [1.807, 2.05) is 6.92 Å². The summed E-state index contributed by atoms with van der Waals surface area (Å²) in [5, 5.41) is 0. The van der Waals surface area contributed by atoms with E-state index >= 15 is 0 Å². The highest BCUT2D eigenvalue weighted by atomic mass is 16.2. The highest BCUT2D eigenvalue weighted by Crippen LogP contribution is 2.30. The quantitative estimate of drug-likeness (QED) is 0.680. The minimum atomic E-state index is -0.105. The molecular formula is C12H18N2O3. The van der Waals surface area contributed by atoms with Crippen LogP contribution >= 0.6 is 0 Å². The van der Waals surface area contributed by atoms with E-state index in [1.165, 1.54) is 4.90 Å². The molecular weight excluding hydrogens is 220 g/mol. The molecule has 2 aliphatic rings.